The Labute approximate surface area is 399 Å². The summed E-state index contributed by atoms with van der Waals surface area (Å²) >= 11 is 0. The van der Waals surface area contributed by atoms with Crippen LogP contribution in [-0.2, 0) is 0 Å². The van der Waals surface area contributed by atoms with Gasteiger partial charge < -0.3 is 9.80 Å². The summed E-state index contributed by atoms with van der Waals surface area (Å²) in [5.74, 6) is 0.528. The number of hydrogen-bond donors (Lipinski definition) is 0. The summed E-state index contributed by atoms with van der Waals surface area (Å²) < 4.78 is 0. The highest BCUT2D eigenvalue weighted by Crippen LogP contribution is 2.52. The molecule has 0 aliphatic heterocycles. The first-order chi connectivity index (χ1) is 33.4. The summed E-state index contributed by atoms with van der Waals surface area (Å²) in [6.45, 7) is 9.39. The second kappa shape index (κ2) is 16.9. The molecule has 0 bridgehead atoms. The second-order valence-electron chi connectivity index (χ2n) is 18.9. The Hall–Kier alpha value is -8.20. The lowest BCUT2D eigenvalue weighted by molar-refractivity contribution is 0.875. The van der Waals surface area contributed by atoms with Gasteiger partial charge in [-0.3, -0.25) is 0 Å². The van der Waals surface area contributed by atoms with Gasteiger partial charge in [0.1, 0.15) is 0 Å². The molecule has 2 heteroatoms. The number of nitrogens with zero attached hydrogens (tertiary/aromatic N) is 2. The molecule has 0 aliphatic rings. The number of anilines is 6. The predicted octanol–water partition coefficient (Wildman–Crippen LogP) is 19.4. The molecule has 0 aromatic heterocycles. The van der Waals surface area contributed by atoms with Crippen LogP contribution in [0.4, 0.5) is 34.1 Å². The fourth-order valence-electron chi connectivity index (χ4n) is 10.9. The maximum absolute atomic E-state index is 2.54. The normalized spacial score (nSPS) is 11.8. The molecule has 12 aromatic carbocycles. The van der Waals surface area contributed by atoms with Crippen LogP contribution >= 0.6 is 0 Å². The van der Waals surface area contributed by atoms with E-state index in [0.717, 1.165) is 22.7 Å². The monoisotopic (exact) mass is 872 g/mol. The fourth-order valence-corrected chi connectivity index (χ4v) is 10.9. The van der Waals surface area contributed by atoms with Gasteiger partial charge in [-0.05, 0) is 126 Å². The zero-order valence-corrected chi connectivity index (χ0v) is 39.0. The average molecular weight is 873 g/mol. The zero-order valence-electron chi connectivity index (χ0n) is 39.0. The lowest BCUT2D eigenvalue weighted by Gasteiger charge is -2.32. The summed E-state index contributed by atoms with van der Waals surface area (Å²) in [7, 11) is 0. The minimum Gasteiger partial charge on any atom is -0.309 e. The van der Waals surface area contributed by atoms with Crippen molar-refractivity contribution >= 4 is 88.0 Å². The summed E-state index contributed by atoms with van der Waals surface area (Å²) in [5, 5.41) is 12.6. The molecule has 0 saturated heterocycles. The Morgan fingerprint density at radius 3 is 1.04 bits per heavy atom. The van der Waals surface area contributed by atoms with Gasteiger partial charge in [0.05, 0.1) is 22.7 Å². The largest absolute Gasteiger partial charge is 0.309 e. The highest BCUT2D eigenvalue weighted by Gasteiger charge is 2.27. The third-order valence-corrected chi connectivity index (χ3v) is 14.1. The van der Waals surface area contributed by atoms with Gasteiger partial charge in [0.25, 0.3) is 0 Å². The molecule has 12 aromatic rings. The number of fused-ring (bicyclic) bond motifs is 2. The molecule has 0 spiro atoms. The molecular weight excluding hydrogens is 821 g/mol. The first-order valence-electron chi connectivity index (χ1n) is 24.1. The lowest BCUT2D eigenvalue weighted by atomic mass is 9.84. The van der Waals surface area contributed by atoms with Gasteiger partial charge in [0, 0.05) is 32.9 Å². The Kier molecular flexibility index (Phi) is 10.3. The molecule has 326 valence electrons. The minimum absolute atomic E-state index is 0.264. The van der Waals surface area contributed by atoms with Gasteiger partial charge >= 0.3 is 0 Å². The van der Waals surface area contributed by atoms with E-state index in [1.165, 1.54) is 98.6 Å². The third kappa shape index (κ3) is 6.95. The molecule has 0 saturated carbocycles. The first kappa shape index (κ1) is 41.2. The van der Waals surface area contributed by atoms with Crippen LogP contribution in [0, 0.1) is 0 Å². The molecule has 0 fully saturated rings. The Balaban J connectivity index is 1.19. The van der Waals surface area contributed by atoms with E-state index in [2.05, 4.69) is 268 Å². The Morgan fingerprint density at radius 1 is 0.265 bits per heavy atom. The Morgan fingerprint density at radius 2 is 0.618 bits per heavy atom. The molecule has 0 N–H and O–H groups in total. The van der Waals surface area contributed by atoms with E-state index in [9.17, 15) is 0 Å². The topological polar surface area (TPSA) is 6.48 Å². The van der Waals surface area contributed by atoms with Crippen molar-refractivity contribution in [2.75, 3.05) is 9.80 Å². The molecule has 12 rings (SSSR count). The van der Waals surface area contributed by atoms with Gasteiger partial charge in [-0.2, -0.15) is 0 Å². The molecule has 0 amide bonds. The number of benzene rings is 12. The van der Waals surface area contributed by atoms with Crippen molar-refractivity contribution in [3.05, 3.63) is 242 Å². The van der Waals surface area contributed by atoms with Crippen molar-refractivity contribution < 1.29 is 0 Å². The smallest absolute Gasteiger partial charge is 0.0543 e. The van der Waals surface area contributed by atoms with E-state index in [1.807, 2.05) is 0 Å². The molecule has 0 aliphatic carbocycles. The number of rotatable bonds is 10. The molecule has 0 atom stereocenters. The van der Waals surface area contributed by atoms with Crippen LogP contribution in [0.1, 0.15) is 50.7 Å². The van der Waals surface area contributed by atoms with Crippen LogP contribution in [0.25, 0.3) is 76.1 Å². The molecule has 0 unspecified atom stereocenters. The summed E-state index contributed by atoms with van der Waals surface area (Å²) in [6, 6.07) is 85.4. The zero-order chi connectivity index (χ0) is 45.9. The molecular formula is C66H52N2. The maximum atomic E-state index is 2.54. The molecule has 2 nitrogen and oxygen atoms in total. The van der Waals surface area contributed by atoms with Crippen molar-refractivity contribution in [3.63, 3.8) is 0 Å². The van der Waals surface area contributed by atoms with E-state index >= 15 is 0 Å². The fraction of sp³-hybridized carbons (Fsp3) is 0.0909. The van der Waals surface area contributed by atoms with Crippen LogP contribution in [0.3, 0.4) is 0 Å². The quantitative estimate of drug-likeness (QED) is 0.126. The molecule has 0 heterocycles. The minimum atomic E-state index is 0.264. The van der Waals surface area contributed by atoms with Crippen LogP contribution in [0.5, 0.6) is 0 Å². The van der Waals surface area contributed by atoms with Crippen molar-refractivity contribution in [1.29, 1.82) is 0 Å². The molecule has 0 radical (unpaired) electrons. The van der Waals surface area contributed by atoms with Crippen molar-refractivity contribution in [2.24, 2.45) is 0 Å². The SMILES string of the molecule is CC(C)c1cc(N(c2cccc(-c3ccccc3)c2)c2cccc3ccccc23)c2ccc3c(C(C)C)cc(N(c4cccc(-c5ccccc5)c4)c4cccc5ccccc45)c4ccc1c2c34. The third-order valence-electron chi connectivity index (χ3n) is 14.1. The lowest BCUT2D eigenvalue weighted by Crippen LogP contribution is -2.13. The number of hydrogen-bond acceptors (Lipinski definition) is 2. The maximum Gasteiger partial charge on any atom is 0.0543 e. The Bertz CT molecular complexity index is 3550. The van der Waals surface area contributed by atoms with Crippen molar-refractivity contribution in [3.8, 4) is 22.3 Å². The van der Waals surface area contributed by atoms with Gasteiger partial charge in [0.15, 0.2) is 0 Å². The van der Waals surface area contributed by atoms with Gasteiger partial charge in [-0.15, -0.1) is 0 Å². The molecule has 68 heavy (non-hydrogen) atoms. The standard InChI is InChI=1S/C66H52N2/c1-43(2)59-41-63(67(61-33-17-25-47-23-11-13-31-53(47)61)51-29-15-27-49(39-51)45-19-7-5-8-20-45)57-38-36-56-60(44(3)4)42-64(58-37-35-55(59)65(57)66(56)58)68(62-34-18-26-48-24-12-14-32-54(48)62)52-30-16-28-50(40-52)46-21-9-6-10-22-46/h5-44H,1-4H3. The van der Waals surface area contributed by atoms with Gasteiger partial charge in [-0.1, -0.05) is 210 Å². The summed E-state index contributed by atoms with van der Waals surface area (Å²) in [4.78, 5) is 5.07. The highest BCUT2D eigenvalue weighted by atomic mass is 15.2. The van der Waals surface area contributed by atoms with E-state index in [-0.39, 0.29) is 11.8 Å². The van der Waals surface area contributed by atoms with E-state index in [0.29, 0.717) is 0 Å². The van der Waals surface area contributed by atoms with E-state index < -0.39 is 0 Å². The van der Waals surface area contributed by atoms with E-state index in [4.69, 9.17) is 0 Å². The first-order valence-corrected chi connectivity index (χ1v) is 24.1. The summed E-state index contributed by atoms with van der Waals surface area (Å²) in [6.07, 6.45) is 0. The van der Waals surface area contributed by atoms with Crippen LogP contribution < -0.4 is 9.80 Å². The predicted molar refractivity (Wildman–Crippen MR) is 294 cm³/mol. The highest BCUT2D eigenvalue weighted by molar-refractivity contribution is 6.30. The van der Waals surface area contributed by atoms with Gasteiger partial charge in [-0.25, -0.2) is 0 Å². The van der Waals surface area contributed by atoms with Crippen LogP contribution in [0.15, 0.2) is 231 Å². The van der Waals surface area contributed by atoms with Crippen LogP contribution in [0.2, 0.25) is 0 Å². The van der Waals surface area contributed by atoms with Gasteiger partial charge in [0.2, 0.25) is 0 Å². The van der Waals surface area contributed by atoms with Crippen molar-refractivity contribution in [1.82, 2.24) is 0 Å². The van der Waals surface area contributed by atoms with Crippen molar-refractivity contribution in [2.45, 2.75) is 39.5 Å². The average Bonchev–Trinajstić information content (AvgIpc) is 3.39. The summed E-state index contributed by atoms with van der Waals surface area (Å²) in [5.41, 5.74) is 14.3. The van der Waals surface area contributed by atoms with E-state index in [1.54, 1.807) is 0 Å². The second-order valence-corrected chi connectivity index (χ2v) is 18.9. The van der Waals surface area contributed by atoms with Crippen LogP contribution in [-0.4, -0.2) is 0 Å².